The third kappa shape index (κ3) is 4.08. The summed E-state index contributed by atoms with van der Waals surface area (Å²) in [6.07, 6.45) is 7.26. The number of para-hydroxylation sites is 3. The second-order valence-electron chi connectivity index (χ2n) is 8.94. The fraction of sp³-hybridized carbons (Fsp3) is 0.296. The topological polar surface area (TPSA) is 64.7 Å². The van der Waals surface area contributed by atoms with Crippen molar-refractivity contribution < 1.29 is 9.53 Å². The number of carbonyl (C=O) groups is 1. The van der Waals surface area contributed by atoms with Gasteiger partial charge in [0.2, 0.25) is 0 Å². The highest BCUT2D eigenvalue weighted by molar-refractivity contribution is 7.15. The van der Waals surface area contributed by atoms with Gasteiger partial charge in [-0.1, -0.05) is 30.3 Å². The number of benzene rings is 2. The van der Waals surface area contributed by atoms with E-state index < -0.39 is 0 Å². The smallest absolute Gasteiger partial charge is 0.274 e. The van der Waals surface area contributed by atoms with Crippen LogP contribution in [0.4, 0.5) is 0 Å². The number of likely N-dealkylation sites (tertiary alicyclic amines) is 1. The van der Waals surface area contributed by atoms with Crippen molar-refractivity contribution in [2.75, 3.05) is 20.2 Å². The van der Waals surface area contributed by atoms with Crippen molar-refractivity contribution in [3.05, 3.63) is 83.4 Å². The van der Waals surface area contributed by atoms with E-state index in [1.165, 1.54) is 11.1 Å². The van der Waals surface area contributed by atoms with Gasteiger partial charge in [-0.05, 0) is 43.0 Å². The van der Waals surface area contributed by atoms with Crippen molar-refractivity contribution in [3.63, 3.8) is 0 Å². The predicted molar refractivity (Wildman–Crippen MR) is 137 cm³/mol. The molecule has 0 unspecified atom stereocenters. The Labute approximate surface area is 207 Å². The molecule has 4 heterocycles. The number of fused-ring (bicyclic) bond motifs is 2. The Kier molecular flexibility index (Phi) is 5.74. The van der Waals surface area contributed by atoms with Crippen LogP contribution in [0, 0.1) is 0 Å². The molecule has 2 aromatic carbocycles. The Hall–Kier alpha value is -3.65. The summed E-state index contributed by atoms with van der Waals surface area (Å²) in [7, 11) is 1.72. The maximum absolute atomic E-state index is 13.1. The minimum atomic E-state index is 0.0197. The van der Waals surface area contributed by atoms with Gasteiger partial charge in [0.05, 0.1) is 18.1 Å². The molecule has 0 bridgehead atoms. The maximum Gasteiger partial charge on any atom is 0.274 e. The lowest BCUT2D eigenvalue weighted by Crippen LogP contribution is -2.39. The average molecular weight is 486 g/mol. The number of hydrogen-bond acceptors (Lipinski definition) is 5. The van der Waals surface area contributed by atoms with Gasteiger partial charge < -0.3 is 14.2 Å². The quantitative estimate of drug-likeness (QED) is 0.339. The van der Waals surface area contributed by atoms with Crippen molar-refractivity contribution in [3.8, 4) is 5.75 Å². The lowest BCUT2D eigenvalue weighted by atomic mass is 10.0. The normalized spacial score (nSPS) is 14.7. The van der Waals surface area contributed by atoms with Gasteiger partial charge in [0.15, 0.2) is 4.96 Å². The number of aromatic nitrogens is 4. The largest absolute Gasteiger partial charge is 0.496 e. The maximum atomic E-state index is 13.1. The fourth-order valence-electron chi connectivity index (χ4n) is 5.15. The van der Waals surface area contributed by atoms with E-state index in [1.807, 2.05) is 45.3 Å². The SMILES string of the molecule is COc1ccccc1CCc1nc2ccccc2n1C1CCN(C(=O)c2cn3ccsc3n2)CC1. The molecule has 0 radical (unpaired) electrons. The standard InChI is InChI=1S/C27H27N5O2S/c1-34-24-9-5-2-6-19(24)10-11-25-28-21-7-3-4-8-23(21)32(25)20-12-14-30(15-13-20)26(33)22-18-31-16-17-35-27(31)29-22/h2-9,16-18,20H,10-15H2,1H3. The average Bonchev–Trinajstić information content (AvgIpc) is 3.60. The Morgan fingerprint density at radius 1 is 1.06 bits per heavy atom. The molecule has 0 spiro atoms. The highest BCUT2D eigenvalue weighted by Gasteiger charge is 2.28. The number of piperidine rings is 1. The van der Waals surface area contributed by atoms with Gasteiger partial charge in [0.25, 0.3) is 5.91 Å². The van der Waals surface area contributed by atoms with E-state index in [9.17, 15) is 4.79 Å². The molecule has 0 aliphatic carbocycles. The molecule has 6 rings (SSSR count). The van der Waals surface area contributed by atoms with Crippen molar-refractivity contribution in [2.45, 2.75) is 31.7 Å². The van der Waals surface area contributed by atoms with Crippen LogP contribution in [0.1, 0.15) is 40.8 Å². The van der Waals surface area contributed by atoms with Crippen LogP contribution in [-0.2, 0) is 12.8 Å². The molecule has 0 N–H and O–H groups in total. The molecule has 0 saturated carbocycles. The summed E-state index contributed by atoms with van der Waals surface area (Å²) in [5.74, 6) is 2.03. The Balaban J connectivity index is 1.21. The molecule has 3 aromatic heterocycles. The molecule has 5 aromatic rings. The van der Waals surface area contributed by atoms with Crippen LogP contribution in [0.2, 0.25) is 0 Å². The minimum absolute atomic E-state index is 0.0197. The molecule has 1 aliphatic rings. The van der Waals surface area contributed by atoms with Crippen LogP contribution < -0.4 is 4.74 Å². The number of nitrogens with zero attached hydrogens (tertiary/aromatic N) is 5. The van der Waals surface area contributed by atoms with Gasteiger partial charge in [-0.25, -0.2) is 9.97 Å². The summed E-state index contributed by atoms with van der Waals surface area (Å²) < 4.78 is 9.88. The summed E-state index contributed by atoms with van der Waals surface area (Å²) in [6.45, 7) is 1.43. The molecule has 1 aliphatic heterocycles. The van der Waals surface area contributed by atoms with Crippen LogP contribution in [0.25, 0.3) is 16.0 Å². The first-order valence-electron chi connectivity index (χ1n) is 12.0. The van der Waals surface area contributed by atoms with Gasteiger partial charge in [-0.15, -0.1) is 11.3 Å². The van der Waals surface area contributed by atoms with Crippen molar-refractivity contribution in [1.82, 2.24) is 23.8 Å². The van der Waals surface area contributed by atoms with Gasteiger partial charge in [0.1, 0.15) is 17.3 Å². The molecule has 8 heteroatoms. The number of rotatable bonds is 6. The number of hydrogen-bond donors (Lipinski definition) is 0. The third-order valence-electron chi connectivity index (χ3n) is 6.91. The number of methoxy groups -OCH3 is 1. The van der Waals surface area contributed by atoms with Crippen LogP contribution in [0.5, 0.6) is 5.75 Å². The van der Waals surface area contributed by atoms with E-state index in [4.69, 9.17) is 9.72 Å². The zero-order valence-corrected chi connectivity index (χ0v) is 20.4. The summed E-state index contributed by atoms with van der Waals surface area (Å²) in [5.41, 5.74) is 3.91. The highest BCUT2D eigenvalue weighted by Crippen LogP contribution is 2.30. The fourth-order valence-corrected chi connectivity index (χ4v) is 5.85. The number of thiazole rings is 1. The van der Waals surface area contributed by atoms with Crippen molar-refractivity contribution in [2.24, 2.45) is 0 Å². The Bertz CT molecular complexity index is 1460. The van der Waals surface area contributed by atoms with E-state index in [0.29, 0.717) is 24.8 Å². The van der Waals surface area contributed by atoms with E-state index in [2.05, 4.69) is 39.9 Å². The minimum Gasteiger partial charge on any atom is -0.496 e. The van der Waals surface area contributed by atoms with E-state index >= 15 is 0 Å². The summed E-state index contributed by atoms with van der Waals surface area (Å²) in [6, 6.07) is 16.9. The first-order valence-corrected chi connectivity index (χ1v) is 12.9. The molecule has 1 saturated heterocycles. The molecule has 1 amide bonds. The lowest BCUT2D eigenvalue weighted by Gasteiger charge is -2.33. The number of amides is 1. The molecule has 1 fully saturated rings. The monoisotopic (exact) mass is 485 g/mol. The molecule has 35 heavy (non-hydrogen) atoms. The highest BCUT2D eigenvalue weighted by atomic mass is 32.1. The second-order valence-corrected chi connectivity index (χ2v) is 9.81. The first kappa shape index (κ1) is 21.9. The lowest BCUT2D eigenvalue weighted by molar-refractivity contribution is 0.0690. The van der Waals surface area contributed by atoms with Crippen LogP contribution in [0.3, 0.4) is 0 Å². The molecule has 7 nitrogen and oxygen atoms in total. The first-order chi connectivity index (χ1) is 17.2. The summed E-state index contributed by atoms with van der Waals surface area (Å²) in [5, 5.41) is 1.98. The summed E-state index contributed by atoms with van der Waals surface area (Å²) in [4.78, 5) is 25.4. The van der Waals surface area contributed by atoms with Gasteiger partial charge in [-0.2, -0.15) is 0 Å². The predicted octanol–water partition coefficient (Wildman–Crippen LogP) is 5.02. The second kappa shape index (κ2) is 9.19. The van der Waals surface area contributed by atoms with E-state index in [-0.39, 0.29) is 5.91 Å². The van der Waals surface area contributed by atoms with Crippen LogP contribution in [-0.4, -0.2) is 49.9 Å². The third-order valence-corrected chi connectivity index (χ3v) is 7.68. The Morgan fingerprint density at radius 3 is 2.69 bits per heavy atom. The number of imidazole rings is 2. The van der Waals surface area contributed by atoms with Crippen molar-refractivity contribution >= 4 is 33.2 Å². The van der Waals surface area contributed by atoms with Crippen LogP contribution in [0.15, 0.2) is 66.3 Å². The molecule has 0 atom stereocenters. The van der Waals surface area contributed by atoms with Gasteiger partial charge in [-0.3, -0.25) is 9.20 Å². The Morgan fingerprint density at radius 2 is 1.86 bits per heavy atom. The van der Waals surface area contributed by atoms with Crippen LogP contribution >= 0.6 is 11.3 Å². The number of aryl methyl sites for hydroxylation is 2. The zero-order chi connectivity index (χ0) is 23.8. The van der Waals surface area contributed by atoms with Gasteiger partial charge in [0, 0.05) is 43.3 Å². The molecular weight excluding hydrogens is 458 g/mol. The number of carbonyl (C=O) groups excluding carboxylic acids is 1. The van der Waals surface area contributed by atoms with E-state index in [0.717, 1.165) is 47.7 Å². The molecular formula is C27H27N5O2S. The summed E-state index contributed by atoms with van der Waals surface area (Å²) >= 11 is 1.54. The number of ether oxygens (including phenoxy) is 1. The molecule has 178 valence electrons. The van der Waals surface area contributed by atoms with Gasteiger partial charge >= 0.3 is 0 Å². The van der Waals surface area contributed by atoms with Crippen molar-refractivity contribution in [1.29, 1.82) is 0 Å². The van der Waals surface area contributed by atoms with E-state index in [1.54, 1.807) is 18.4 Å². The zero-order valence-electron chi connectivity index (χ0n) is 19.6.